The molecule has 0 spiro atoms. The van der Waals surface area contributed by atoms with E-state index in [0.29, 0.717) is 11.8 Å². The molecule has 0 bridgehead atoms. The highest BCUT2D eigenvalue weighted by atomic mass is 32.1. The van der Waals surface area contributed by atoms with Gasteiger partial charge in [0.2, 0.25) is 0 Å². The highest BCUT2D eigenvalue weighted by molar-refractivity contribution is 7.10. The summed E-state index contributed by atoms with van der Waals surface area (Å²) in [5, 5.41) is 14.8. The Morgan fingerprint density at radius 1 is 1.44 bits per heavy atom. The van der Waals surface area contributed by atoms with Gasteiger partial charge in [0, 0.05) is 18.0 Å². The number of rotatable bonds is 7. The molecule has 92 valence electrons. The van der Waals surface area contributed by atoms with Crippen molar-refractivity contribution in [2.75, 3.05) is 19.7 Å². The van der Waals surface area contributed by atoms with E-state index in [-0.39, 0.29) is 6.61 Å². The van der Waals surface area contributed by atoms with Crippen LogP contribution in [-0.4, -0.2) is 24.8 Å². The second-order valence-electron chi connectivity index (χ2n) is 4.67. The normalized spacial score (nSPS) is 13.3. The molecule has 2 N–H and O–H groups in total. The number of aliphatic hydroxyl groups is 1. The van der Waals surface area contributed by atoms with E-state index in [4.69, 9.17) is 0 Å². The Morgan fingerprint density at radius 2 is 2.19 bits per heavy atom. The van der Waals surface area contributed by atoms with Crippen molar-refractivity contribution in [3.63, 3.8) is 0 Å². The van der Waals surface area contributed by atoms with Crippen molar-refractivity contribution in [2.24, 2.45) is 11.8 Å². The summed E-state index contributed by atoms with van der Waals surface area (Å²) >= 11 is 1.83. The smallest absolute Gasteiger partial charge is 0.0473 e. The van der Waals surface area contributed by atoms with Crippen LogP contribution in [0.25, 0.3) is 0 Å². The minimum Gasteiger partial charge on any atom is -0.396 e. The van der Waals surface area contributed by atoms with Crippen LogP contribution in [0, 0.1) is 18.8 Å². The first-order valence-corrected chi connectivity index (χ1v) is 6.87. The largest absolute Gasteiger partial charge is 0.396 e. The molecule has 0 amide bonds. The van der Waals surface area contributed by atoms with Crippen molar-refractivity contribution < 1.29 is 5.11 Å². The van der Waals surface area contributed by atoms with Gasteiger partial charge in [-0.15, -0.1) is 11.3 Å². The molecule has 1 aromatic rings. The summed E-state index contributed by atoms with van der Waals surface area (Å²) in [4.78, 5) is 1.47. The number of hydrogen-bond donors (Lipinski definition) is 2. The number of aryl methyl sites for hydroxylation is 1. The van der Waals surface area contributed by atoms with E-state index in [9.17, 15) is 5.11 Å². The summed E-state index contributed by atoms with van der Waals surface area (Å²) in [7, 11) is 0. The molecule has 0 radical (unpaired) electrons. The van der Waals surface area contributed by atoms with Gasteiger partial charge in [0.15, 0.2) is 0 Å². The number of nitrogens with one attached hydrogen (secondary N) is 1. The molecule has 0 saturated heterocycles. The van der Waals surface area contributed by atoms with Crippen LogP contribution in [0.4, 0.5) is 0 Å². The first kappa shape index (κ1) is 13.7. The lowest BCUT2D eigenvalue weighted by molar-refractivity contribution is 0.186. The van der Waals surface area contributed by atoms with E-state index < -0.39 is 0 Å². The predicted molar refractivity (Wildman–Crippen MR) is 71.0 cm³/mol. The van der Waals surface area contributed by atoms with Gasteiger partial charge in [0.05, 0.1) is 0 Å². The molecule has 1 atom stereocenters. The fourth-order valence-corrected chi connectivity index (χ4v) is 2.57. The van der Waals surface area contributed by atoms with E-state index in [1.165, 1.54) is 10.4 Å². The third-order valence-corrected chi connectivity index (χ3v) is 4.16. The number of hydrogen-bond acceptors (Lipinski definition) is 3. The molecule has 16 heavy (non-hydrogen) atoms. The lowest BCUT2D eigenvalue weighted by Crippen LogP contribution is -2.30. The van der Waals surface area contributed by atoms with E-state index in [1.54, 1.807) is 0 Å². The zero-order valence-electron chi connectivity index (χ0n) is 10.5. The third kappa shape index (κ3) is 4.24. The van der Waals surface area contributed by atoms with Gasteiger partial charge in [-0.25, -0.2) is 0 Å². The van der Waals surface area contributed by atoms with Gasteiger partial charge in [0.25, 0.3) is 0 Å². The summed E-state index contributed by atoms with van der Waals surface area (Å²) in [6.07, 6.45) is 1.10. The van der Waals surface area contributed by atoms with Crippen LogP contribution < -0.4 is 5.32 Å². The van der Waals surface area contributed by atoms with Crippen molar-refractivity contribution >= 4 is 11.3 Å². The van der Waals surface area contributed by atoms with E-state index in [0.717, 1.165) is 19.5 Å². The summed E-state index contributed by atoms with van der Waals surface area (Å²) in [6.45, 7) is 8.68. The van der Waals surface area contributed by atoms with Gasteiger partial charge >= 0.3 is 0 Å². The molecule has 1 aromatic heterocycles. The topological polar surface area (TPSA) is 32.3 Å². The van der Waals surface area contributed by atoms with Crippen molar-refractivity contribution in [1.29, 1.82) is 0 Å². The molecular weight excluding hydrogens is 218 g/mol. The van der Waals surface area contributed by atoms with Crippen molar-refractivity contribution in [3.8, 4) is 0 Å². The van der Waals surface area contributed by atoms with Crippen LogP contribution in [0.2, 0.25) is 0 Å². The van der Waals surface area contributed by atoms with Gasteiger partial charge < -0.3 is 10.4 Å². The summed E-state index contributed by atoms with van der Waals surface area (Å²) in [6, 6.07) is 2.17. The van der Waals surface area contributed by atoms with Gasteiger partial charge in [-0.05, 0) is 48.7 Å². The maximum absolute atomic E-state index is 9.19. The lowest BCUT2D eigenvalue weighted by Gasteiger charge is -2.18. The molecule has 0 aliphatic heterocycles. The Morgan fingerprint density at radius 3 is 2.69 bits per heavy atom. The molecule has 1 heterocycles. The van der Waals surface area contributed by atoms with Crippen LogP contribution in [-0.2, 0) is 6.42 Å². The van der Waals surface area contributed by atoms with Gasteiger partial charge in [0.1, 0.15) is 0 Å². The highest BCUT2D eigenvalue weighted by Gasteiger charge is 2.11. The fraction of sp³-hybridized carbons (Fsp3) is 0.692. The van der Waals surface area contributed by atoms with Gasteiger partial charge in [-0.3, -0.25) is 0 Å². The first-order valence-electron chi connectivity index (χ1n) is 5.99. The average molecular weight is 241 g/mol. The van der Waals surface area contributed by atoms with Crippen molar-refractivity contribution in [1.82, 2.24) is 5.32 Å². The standard InChI is InChI=1S/C13H23NOS/c1-10(2)12(9-15)8-14-6-4-13-11(3)5-7-16-13/h5,7,10,12,14-15H,4,6,8-9H2,1-3H3. The monoisotopic (exact) mass is 241 g/mol. The Balaban J connectivity index is 2.19. The average Bonchev–Trinajstić information content (AvgIpc) is 2.64. The summed E-state index contributed by atoms with van der Waals surface area (Å²) in [5.74, 6) is 0.922. The fourth-order valence-electron chi connectivity index (χ4n) is 1.66. The molecular formula is C13H23NOS. The Bertz CT molecular complexity index is 296. The van der Waals surface area contributed by atoms with Crippen LogP contribution in [0.15, 0.2) is 11.4 Å². The van der Waals surface area contributed by atoms with Crippen molar-refractivity contribution in [2.45, 2.75) is 27.2 Å². The quantitative estimate of drug-likeness (QED) is 0.719. The van der Waals surface area contributed by atoms with E-state index in [1.807, 2.05) is 11.3 Å². The van der Waals surface area contributed by atoms with Gasteiger partial charge in [-0.1, -0.05) is 13.8 Å². The Hall–Kier alpha value is -0.380. The highest BCUT2D eigenvalue weighted by Crippen LogP contribution is 2.15. The minimum atomic E-state index is 0.280. The lowest BCUT2D eigenvalue weighted by atomic mass is 9.97. The summed E-state index contributed by atoms with van der Waals surface area (Å²) in [5.41, 5.74) is 1.40. The Kier molecular flexibility index (Phi) is 6.03. The molecule has 0 aliphatic carbocycles. The van der Waals surface area contributed by atoms with Crippen molar-refractivity contribution in [3.05, 3.63) is 21.9 Å². The third-order valence-electron chi connectivity index (χ3n) is 3.08. The maximum atomic E-state index is 9.19. The first-order chi connectivity index (χ1) is 7.65. The number of thiophene rings is 1. The van der Waals surface area contributed by atoms with Crippen LogP contribution in [0.1, 0.15) is 24.3 Å². The molecule has 0 fully saturated rings. The summed E-state index contributed by atoms with van der Waals surface area (Å²) < 4.78 is 0. The molecule has 0 aromatic carbocycles. The van der Waals surface area contributed by atoms with E-state index in [2.05, 4.69) is 37.5 Å². The SMILES string of the molecule is Cc1ccsc1CCNCC(CO)C(C)C. The predicted octanol–water partition coefficient (Wildman–Crippen LogP) is 2.45. The zero-order valence-corrected chi connectivity index (χ0v) is 11.3. The molecule has 2 nitrogen and oxygen atoms in total. The second-order valence-corrected chi connectivity index (χ2v) is 5.67. The minimum absolute atomic E-state index is 0.280. The zero-order chi connectivity index (χ0) is 12.0. The molecule has 0 aliphatic rings. The van der Waals surface area contributed by atoms with Crippen LogP contribution in [0.5, 0.6) is 0 Å². The van der Waals surface area contributed by atoms with Crippen LogP contribution >= 0.6 is 11.3 Å². The maximum Gasteiger partial charge on any atom is 0.0473 e. The molecule has 1 unspecified atom stereocenters. The number of aliphatic hydroxyl groups excluding tert-OH is 1. The molecule has 3 heteroatoms. The van der Waals surface area contributed by atoms with E-state index >= 15 is 0 Å². The second kappa shape index (κ2) is 7.05. The Labute approximate surface area is 103 Å². The van der Waals surface area contributed by atoms with Gasteiger partial charge in [-0.2, -0.15) is 0 Å². The molecule has 0 saturated carbocycles. The van der Waals surface area contributed by atoms with Crippen LogP contribution in [0.3, 0.4) is 0 Å². The molecule has 1 rings (SSSR count).